The van der Waals surface area contributed by atoms with Crippen molar-refractivity contribution >= 4 is 0 Å². The molecule has 0 aliphatic heterocycles. The lowest BCUT2D eigenvalue weighted by Crippen LogP contribution is -2.27. The molecule has 0 heterocycles. The van der Waals surface area contributed by atoms with E-state index >= 15 is 0 Å². The van der Waals surface area contributed by atoms with E-state index in [1.807, 2.05) is 0 Å². The zero-order chi connectivity index (χ0) is 12.0. The van der Waals surface area contributed by atoms with Gasteiger partial charge >= 0.3 is 0 Å². The first-order valence-corrected chi connectivity index (χ1v) is 4.84. The summed E-state index contributed by atoms with van der Waals surface area (Å²) in [6, 6.07) is 4.62. The number of alkyl halides is 2. The van der Waals surface area contributed by atoms with Crippen LogP contribution in [0, 0.1) is 0 Å². The minimum Gasteiger partial charge on any atom is -0.493 e. The van der Waals surface area contributed by atoms with Gasteiger partial charge in [-0.1, -0.05) is 6.07 Å². The van der Waals surface area contributed by atoms with E-state index < -0.39 is 11.5 Å². The van der Waals surface area contributed by atoms with Crippen LogP contribution in [0.4, 0.5) is 8.78 Å². The van der Waals surface area contributed by atoms with Crippen LogP contribution < -0.4 is 15.2 Å². The fraction of sp³-hybridized carbons (Fsp3) is 0.455. The van der Waals surface area contributed by atoms with Crippen LogP contribution in [-0.2, 0) is 5.54 Å². The number of ether oxygens (including phenoxy) is 2. The van der Waals surface area contributed by atoms with Crippen molar-refractivity contribution in [2.75, 3.05) is 14.2 Å². The maximum absolute atomic E-state index is 13.1. The lowest BCUT2D eigenvalue weighted by molar-refractivity contribution is 0.0890. The zero-order valence-corrected chi connectivity index (χ0v) is 9.09. The van der Waals surface area contributed by atoms with Crippen LogP contribution in [0.3, 0.4) is 0 Å². The highest BCUT2D eigenvalue weighted by Crippen LogP contribution is 2.58. The fourth-order valence-corrected chi connectivity index (χ4v) is 1.73. The maximum Gasteiger partial charge on any atom is 0.272 e. The molecule has 1 aliphatic carbocycles. The Morgan fingerprint density at radius 3 is 2.19 bits per heavy atom. The highest BCUT2D eigenvalue weighted by molar-refractivity contribution is 5.48. The molecule has 1 saturated carbocycles. The van der Waals surface area contributed by atoms with Gasteiger partial charge in [-0.05, 0) is 17.7 Å². The first-order chi connectivity index (χ1) is 7.44. The first-order valence-electron chi connectivity index (χ1n) is 4.84. The van der Waals surface area contributed by atoms with E-state index in [1.165, 1.54) is 20.3 Å². The number of halogens is 2. The molecule has 1 unspecified atom stereocenters. The van der Waals surface area contributed by atoms with E-state index in [0.29, 0.717) is 17.1 Å². The summed E-state index contributed by atoms with van der Waals surface area (Å²) in [5.41, 5.74) is 4.44. The van der Waals surface area contributed by atoms with Crippen molar-refractivity contribution in [2.24, 2.45) is 5.73 Å². The standard InChI is InChI=1S/C11H13F2NO2/c1-15-8-4-3-7(5-9(8)16-2)10(14)6-11(10,12)13/h3-5H,6,14H2,1-2H3. The van der Waals surface area contributed by atoms with Gasteiger partial charge in [0.05, 0.1) is 14.2 Å². The van der Waals surface area contributed by atoms with E-state index in [9.17, 15) is 8.78 Å². The van der Waals surface area contributed by atoms with Gasteiger partial charge in [-0.15, -0.1) is 0 Å². The highest BCUT2D eigenvalue weighted by atomic mass is 19.3. The van der Waals surface area contributed by atoms with Crippen LogP contribution in [0.25, 0.3) is 0 Å². The molecule has 0 radical (unpaired) electrons. The second-order valence-corrected chi connectivity index (χ2v) is 3.92. The SMILES string of the molecule is COc1ccc(C2(N)CC2(F)F)cc1OC. The molecular weight excluding hydrogens is 216 g/mol. The normalized spacial score (nSPS) is 26.3. The second-order valence-electron chi connectivity index (χ2n) is 3.92. The van der Waals surface area contributed by atoms with Crippen LogP contribution in [0.15, 0.2) is 18.2 Å². The third-order valence-corrected chi connectivity index (χ3v) is 2.93. The highest BCUT2D eigenvalue weighted by Gasteiger charge is 2.70. The van der Waals surface area contributed by atoms with Crippen molar-refractivity contribution < 1.29 is 18.3 Å². The molecule has 0 amide bonds. The summed E-state index contributed by atoms with van der Waals surface area (Å²) in [4.78, 5) is 0. The molecule has 0 bridgehead atoms. The van der Waals surface area contributed by atoms with Crippen LogP contribution in [0.1, 0.15) is 12.0 Å². The minimum absolute atomic E-state index is 0.324. The third kappa shape index (κ3) is 1.43. The average Bonchev–Trinajstić information content (AvgIpc) is 2.78. The molecule has 5 heteroatoms. The Balaban J connectivity index is 2.38. The van der Waals surface area contributed by atoms with E-state index in [2.05, 4.69) is 0 Å². The van der Waals surface area contributed by atoms with Gasteiger partial charge in [-0.3, -0.25) is 0 Å². The smallest absolute Gasteiger partial charge is 0.272 e. The maximum atomic E-state index is 13.1. The first kappa shape index (κ1) is 11.1. The molecule has 3 nitrogen and oxygen atoms in total. The number of rotatable bonds is 3. The summed E-state index contributed by atoms with van der Waals surface area (Å²) < 4.78 is 36.2. The van der Waals surface area contributed by atoms with Gasteiger partial charge in [-0.2, -0.15) is 0 Å². The van der Waals surface area contributed by atoms with Crippen LogP contribution >= 0.6 is 0 Å². The number of benzene rings is 1. The van der Waals surface area contributed by atoms with Crippen molar-refractivity contribution in [1.82, 2.24) is 0 Å². The molecule has 1 aromatic carbocycles. The van der Waals surface area contributed by atoms with E-state index in [4.69, 9.17) is 15.2 Å². The molecule has 1 aromatic rings. The molecule has 0 spiro atoms. The van der Waals surface area contributed by atoms with Crippen molar-refractivity contribution in [3.63, 3.8) is 0 Å². The largest absolute Gasteiger partial charge is 0.493 e. The lowest BCUT2D eigenvalue weighted by Gasteiger charge is -2.14. The summed E-state index contributed by atoms with van der Waals surface area (Å²) >= 11 is 0. The number of hydrogen-bond donors (Lipinski definition) is 1. The van der Waals surface area contributed by atoms with Crippen molar-refractivity contribution in [3.8, 4) is 11.5 Å². The number of nitrogens with two attached hydrogens (primary N) is 1. The summed E-state index contributed by atoms with van der Waals surface area (Å²) in [6.45, 7) is 0. The van der Waals surface area contributed by atoms with E-state index in [1.54, 1.807) is 12.1 Å². The zero-order valence-electron chi connectivity index (χ0n) is 9.09. The topological polar surface area (TPSA) is 44.5 Å². The van der Waals surface area contributed by atoms with Gasteiger partial charge in [-0.25, -0.2) is 8.78 Å². The van der Waals surface area contributed by atoms with Gasteiger partial charge in [0.1, 0.15) is 5.54 Å². The number of hydrogen-bond acceptors (Lipinski definition) is 3. The minimum atomic E-state index is -2.83. The predicted octanol–water partition coefficient (Wildman–Crippen LogP) is 1.90. The van der Waals surface area contributed by atoms with Crippen LogP contribution in [0.2, 0.25) is 0 Å². The molecule has 1 fully saturated rings. The van der Waals surface area contributed by atoms with E-state index in [-0.39, 0.29) is 6.42 Å². The Kier molecular flexibility index (Phi) is 2.31. The number of methoxy groups -OCH3 is 2. The molecule has 1 atom stereocenters. The Labute approximate surface area is 92.1 Å². The Morgan fingerprint density at radius 2 is 1.75 bits per heavy atom. The van der Waals surface area contributed by atoms with Crippen LogP contribution in [0.5, 0.6) is 11.5 Å². The Morgan fingerprint density at radius 1 is 1.19 bits per heavy atom. The van der Waals surface area contributed by atoms with Crippen molar-refractivity contribution in [1.29, 1.82) is 0 Å². The summed E-state index contributed by atoms with van der Waals surface area (Å²) in [5, 5.41) is 0. The van der Waals surface area contributed by atoms with Gasteiger partial charge in [0.25, 0.3) is 5.92 Å². The summed E-state index contributed by atoms with van der Waals surface area (Å²) in [7, 11) is 2.94. The molecule has 16 heavy (non-hydrogen) atoms. The monoisotopic (exact) mass is 229 g/mol. The third-order valence-electron chi connectivity index (χ3n) is 2.93. The molecule has 0 aromatic heterocycles. The lowest BCUT2D eigenvalue weighted by atomic mass is 10.0. The van der Waals surface area contributed by atoms with Crippen molar-refractivity contribution in [3.05, 3.63) is 23.8 Å². The fourth-order valence-electron chi connectivity index (χ4n) is 1.73. The Hall–Kier alpha value is -1.36. The molecule has 2 N–H and O–H groups in total. The van der Waals surface area contributed by atoms with Gasteiger partial charge in [0, 0.05) is 6.42 Å². The summed E-state index contributed by atoms with van der Waals surface area (Å²) in [5.74, 6) is -1.92. The summed E-state index contributed by atoms with van der Waals surface area (Å²) in [6.07, 6.45) is -0.324. The molecule has 2 rings (SSSR count). The molecule has 0 saturated heterocycles. The Bertz CT molecular complexity index is 422. The average molecular weight is 229 g/mol. The van der Waals surface area contributed by atoms with Gasteiger partial charge < -0.3 is 15.2 Å². The predicted molar refractivity (Wildman–Crippen MR) is 55.0 cm³/mol. The molecule has 88 valence electrons. The molecular formula is C11H13F2NO2. The quantitative estimate of drug-likeness (QED) is 0.860. The van der Waals surface area contributed by atoms with Crippen LogP contribution in [-0.4, -0.2) is 20.1 Å². The second kappa shape index (κ2) is 3.31. The van der Waals surface area contributed by atoms with Crippen molar-refractivity contribution in [2.45, 2.75) is 17.9 Å². The molecule has 1 aliphatic rings. The van der Waals surface area contributed by atoms with E-state index in [0.717, 1.165) is 0 Å². The van der Waals surface area contributed by atoms with Gasteiger partial charge in [0.15, 0.2) is 11.5 Å². The van der Waals surface area contributed by atoms with Gasteiger partial charge in [0.2, 0.25) is 0 Å².